The number of para-hydroxylation sites is 1. The number of methoxy groups -OCH3 is 1. The first kappa shape index (κ1) is 13.5. The normalized spacial score (nSPS) is 12.2. The Hall–Kier alpha value is -1.91. The molecule has 0 saturated heterocycles. The van der Waals surface area contributed by atoms with E-state index in [1.807, 2.05) is 43.6 Å². The molecular weight excluding hydrogens is 238 g/mol. The van der Waals surface area contributed by atoms with E-state index in [1.54, 1.807) is 7.11 Å². The van der Waals surface area contributed by atoms with E-state index in [0.717, 1.165) is 28.9 Å². The molecule has 1 unspecified atom stereocenters. The summed E-state index contributed by atoms with van der Waals surface area (Å²) < 4.78 is 5.37. The van der Waals surface area contributed by atoms with Crippen molar-refractivity contribution in [3.05, 3.63) is 59.4 Å². The maximum Gasteiger partial charge on any atom is 0.122 e. The highest BCUT2D eigenvalue weighted by atomic mass is 16.5. The zero-order chi connectivity index (χ0) is 13.7. The van der Waals surface area contributed by atoms with E-state index in [0.29, 0.717) is 0 Å². The van der Waals surface area contributed by atoms with Crippen molar-refractivity contribution in [3.8, 4) is 5.75 Å². The molecule has 0 amide bonds. The van der Waals surface area contributed by atoms with E-state index < -0.39 is 0 Å². The molecular formula is C15H19N3O. The first-order valence-corrected chi connectivity index (χ1v) is 6.24. The molecule has 19 heavy (non-hydrogen) atoms. The molecule has 0 fully saturated rings. The summed E-state index contributed by atoms with van der Waals surface area (Å²) in [5, 5.41) is 0. The standard InChI is InChI=1S/C15H19N3O/c1-11-7-13(10-17-9-11)14(18-16)8-12-5-3-4-6-15(12)19-2/h3-7,9-10,14,18H,8,16H2,1-2H3. The summed E-state index contributed by atoms with van der Waals surface area (Å²) >= 11 is 0. The summed E-state index contributed by atoms with van der Waals surface area (Å²) in [6, 6.07) is 10.1. The highest BCUT2D eigenvalue weighted by molar-refractivity contribution is 5.35. The number of hydrogen-bond donors (Lipinski definition) is 2. The van der Waals surface area contributed by atoms with E-state index in [-0.39, 0.29) is 6.04 Å². The Bertz CT molecular complexity index is 542. The average Bonchev–Trinajstić information content (AvgIpc) is 2.45. The van der Waals surface area contributed by atoms with Gasteiger partial charge in [0, 0.05) is 12.4 Å². The average molecular weight is 257 g/mol. The topological polar surface area (TPSA) is 60.2 Å². The van der Waals surface area contributed by atoms with Crippen LogP contribution in [-0.4, -0.2) is 12.1 Å². The van der Waals surface area contributed by atoms with Gasteiger partial charge in [0.2, 0.25) is 0 Å². The number of nitrogens with zero attached hydrogens (tertiary/aromatic N) is 1. The van der Waals surface area contributed by atoms with Crippen LogP contribution in [0.2, 0.25) is 0 Å². The van der Waals surface area contributed by atoms with Gasteiger partial charge in [-0.1, -0.05) is 24.3 Å². The molecule has 2 aromatic rings. The van der Waals surface area contributed by atoms with Crippen molar-refractivity contribution < 1.29 is 4.74 Å². The van der Waals surface area contributed by atoms with Crippen molar-refractivity contribution in [1.29, 1.82) is 0 Å². The van der Waals surface area contributed by atoms with Crippen molar-refractivity contribution in [2.24, 2.45) is 5.84 Å². The Morgan fingerprint density at radius 1 is 1.32 bits per heavy atom. The lowest BCUT2D eigenvalue weighted by Gasteiger charge is -2.18. The van der Waals surface area contributed by atoms with Gasteiger partial charge in [0.1, 0.15) is 5.75 Å². The van der Waals surface area contributed by atoms with E-state index in [2.05, 4.69) is 16.5 Å². The van der Waals surface area contributed by atoms with Crippen molar-refractivity contribution in [2.45, 2.75) is 19.4 Å². The molecule has 1 heterocycles. The zero-order valence-corrected chi connectivity index (χ0v) is 11.3. The number of hydrazine groups is 1. The van der Waals surface area contributed by atoms with E-state index >= 15 is 0 Å². The van der Waals surface area contributed by atoms with Crippen LogP contribution in [0.5, 0.6) is 5.75 Å². The van der Waals surface area contributed by atoms with Gasteiger partial charge >= 0.3 is 0 Å². The smallest absolute Gasteiger partial charge is 0.122 e. The van der Waals surface area contributed by atoms with Crippen LogP contribution in [0, 0.1) is 6.92 Å². The fourth-order valence-electron chi connectivity index (χ4n) is 2.13. The highest BCUT2D eigenvalue weighted by Crippen LogP contribution is 2.24. The van der Waals surface area contributed by atoms with E-state index in [4.69, 9.17) is 10.6 Å². The minimum atomic E-state index is 0.0173. The van der Waals surface area contributed by atoms with E-state index in [1.165, 1.54) is 0 Å². The second-order valence-electron chi connectivity index (χ2n) is 4.53. The summed E-state index contributed by atoms with van der Waals surface area (Å²) in [4.78, 5) is 4.21. The van der Waals surface area contributed by atoms with Gasteiger partial charge in [-0.15, -0.1) is 0 Å². The van der Waals surface area contributed by atoms with Gasteiger partial charge in [0.15, 0.2) is 0 Å². The quantitative estimate of drug-likeness (QED) is 0.636. The molecule has 3 N–H and O–H groups in total. The van der Waals surface area contributed by atoms with Gasteiger partial charge in [-0.05, 0) is 36.1 Å². The Kier molecular flexibility index (Phi) is 4.49. The molecule has 0 aliphatic heterocycles. The Balaban J connectivity index is 2.24. The number of nitrogens with two attached hydrogens (primary N) is 1. The molecule has 0 aliphatic carbocycles. The highest BCUT2D eigenvalue weighted by Gasteiger charge is 2.13. The largest absolute Gasteiger partial charge is 0.496 e. The third kappa shape index (κ3) is 3.30. The van der Waals surface area contributed by atoms with Crippen LogP contribution in [0.1, 0.15) is 22.7 Å². The molecule has 0 aliphatic rings. The van der Waals surface area contributed by atoms with Crippen LogP contribution in [0.15, 0.2) is 42.7 Å². The minimum absolute atomic E-state index is 0.0173. The van der Waals surface area contributed by atoms with Crippen LogP contribution in [0.3, 0.4) is 0 Å². The molecule has 4 heteroatoms. The Morgan fingerprint density at radius 2 is 2.11 bits per heavy atom. The summed E-state index contributed by atoms with van der Waals surface area (Å²) in [6.07, 6.45) is 4.43. The number of ether oxygens (including phenoxy) is 1. The first-order valence-electron chi connectivity index (χ1n) is 6.24. The summed E-state index contributed by atoms with van der Waals surface area (Å²) in [5.74, 6) is 6.55. The van der Waals surface area contributed by atoms with Crippen LogP contribution in [0.4, 0.5) is 0 Å². The summed E-state index contributed by atoms with van der Waals surface area (Å²) in [7, 11) is 1.68. The monoisotopic (exact) mass is 257 g/mol. The second kappa shape index (κ2) is 6.31. The van der Waals surface area contributed by atoms with Gasteiger partial charge in [0.25, 0.3) is 0 Å². The van der Waals surface area contributed by atoms with Crippen molar-refractivity contribution in [1.82, 2.24) is 10.4 Å². The van der Waals surface area contributed by atoms with Crippen LogP contribution in [0.25, 0.3) is 0 Å². The Labute approximate surface area is 113 Å². The number of aromatic nitrogens is 1. The van der Waals surface area contributed by atoms with Gasteiger partial charge < -0.3 is 4.74 Å². The van der Waals surface area contributed by atoms with Crippen LogP contribution < -0.4 is 16.0 Å². The molecule has 1 atom stereocenters. The van der Waals surface area contributed by atoms with E-state index in [9.17, 15) is 0 Å². The lowest BCUT2D eigenvalue weighted by molar-refractivity contribution is 0.405. The molecule has 1 aromatic heterocycles. The minimum Gasteiger partial charge on any atom is -0.496 e. The van der Waals surface area contributed by atoms with Crippen LogP contribution in [-0.2, 0) is 6.42 Å². The van der Waals surface area contributed by atoms with Gasteiger partial charge in [-0.2, -0.15) is 0 Å². The molecule has 2 rings (SSSR count). The van der Waals surface area contributed by atoms with Gasteiger partial charge in [-0.3, -0.25) is 16.3 Å². The predicted molar refractivity (Wildman–Crippen MR) is 75.7 cm³/mol. The number of nitrogens with one attached hydrogen (secondary N) is 1. The third-order valence-electron chi connectivity index (χ3n) is 3.12. The lowest BCUT2D eigenvalue weighted by atomic mass is 9.99. The molecule has 100 valence electrons. The zero-order valence-electron chi connectivity index (χ0n) is 11.3. The SMILES string of the molecule is COc1ccccc1CC(NN)c1cncc(C)c1. The first-order chi connectivity index (χ1) is 9.24. The molecule has 0 spiro atoms. The van der Waals surface area contributed by atoms with Gasteiger partial charge in [-0.25, -0.2) is 0 Å². The number of rotatable bonds is 5. The third-order valence-corrected chi connectivity index (χ3v) is 3.12. The van der Waals surface area contributed by atoms with Crippen molar-refractivity contribution in [2.75, 3.05) is 7.11 Å². The predicted octanol–water partition coefficient (Wildman–Crippen LogP) is 2.15. The maximum absolute atomic E-state index is 5.68. The fraction of sp³-hybridized carbons (Fsp3) is 0.267. The molecule has 0 radical (unpaired) electrons. The van der Waals surface area contributed by atoms with Crippen molar-refractivity contribution in [3.63, 3.8) is 0 Å². The number of aryl methyl sites for hydroxylation is 1. The number of pyridine rings is 1. The summed E-state index contributed by atoms with van der Waals surface area (Å²) in [5.41, 5.74) is 6.17. The fourth-order valence-corrected chi connectivity index (χ4v) is 2.13. The number of benzene rings is 1. The number of hydrogen-bond acceptors (Lipinski definition) is 4. The lowest BCUT2D eigenvalue weighted by Crippen LogP contribution is -2.29. The summed E-state index contributed by atoms with van der Waals surface area (Å²) in [6.45, 7) is 2.02. The van der Waals surface area contributed by atoms with Gasteiger partial charge in [0.05, 0.1) is 13.2 Å². The molecule has 0 bridgehead atoms. The molecule has 0 saturated carbocycles. The molecule has 4 nitrogen and oxygen atoms in total. The second-order valence-corrected chi connectivity index (χ2v) is 4.53. The van der Waals surface area contributed by atoms with Crippen molar-refractivity contribution >= 4 is 0 Å². The Morgan fingerprint density at radius 3 is 2.79 bits per heavy atom. The maximum atomic E-state index is 5.68. The molecule has 1 aromatic carbocycles. The van der Waals surface area contributed by atoms with Crippen LogP contribution >= 0.6 is 0 Å².